The van der Waals surface area contributed by atoms with Crippen LogP contribution < -0.4 is 5.73 Å². The molecule has 13 heavy (non-hydrogen) atoms. The first kappa shape index (κ1) is 10.6. The lowest BCUT2D eigenvalue weighted by Gasteiger charge is -2.01. The van der Waals surface area contributed by atoms with Gasteiger partial charge in [0.2, 0.25) is 0 Å². The standard InChI is InChI=1S/C11H17NS/c1-2-7-13-9-11-5-3-10(8-12)4-6-11/h3-6H,2,7-9,12H2,1H3. The predicted molar refractivity (Wildman–Crippen MR) is 60.8 cm³/mol. The highest BCUT2D eigenvalue weighted by molar-refractivity contribution is 7.98. The Labute approximate surface area is 84.7 Å². The molecular weight excluding hydrogens is 178 g/mol. The second-order valence-electron chi connectivity index (χ2n) is 3.07. The monoisotopic (exact) mass is 195 g/mol. The zero-order valence-electron chi connectivity index (χ0n) is 8.12. The molecule has 72 valence electrons. The van der Waals surface area contributed by atoms with Gasteiger partial charge in [-0.2, -0.15) is 11.8 Å². The summed E-state index contributed by atoms with van der Waals surface area (Å²) < 4.78 is 0. The summed E-state index contributed by atoms with van der Waals surface area (Å²) in [6, 6.07) is 8.57. The Kier molecular flexibility index (Phi) is 4.94. The largest absolute Gasteiger partial charge is 0.326 e. The number of hydrogen-bond donors (Lipinski definition) is 1. The van der Waals surface area contributed by atoms with E-state index in [1.807, 2.05) is 11.8 Å². The summed E-state index contributed by atoms with van der Waals surface area (Å²) in [6.45, 7) is 2.85. The lowest BCUT2D eigenvalue weighted by atomic mass is 10.1. The highest BCUT2D eigenvalue weighted by atomic mass is 32.2. The van der Waals surface area contributed by atoms with Crippen molar-refractivity contribution in [1.82, 2.24) is 0 Å². The van der Waals surface area contributed by atoms with E-state index in [0.29, 0.717) is 6.54 Å². The van der Waals surface area contributed by atoms with Gasteiger partial charge in [0.05, 0.1) is 0 Å². The quantitative estimate of drug-likeness (QED) is 0.731. The van der Waals surface area contributed by atoms with E-state index in [0.717, 1.165) is 5.75 Å². The van der Waals surface area contributed by atoms with E-state index in [-0.39, 0.29) is 0 Å². The van der Waals surface area contributed by atoms with Gasteiger partial charge < -0.3 is 5.73 Å². The van der Waals surface area contributed by atoms with Crippen LogP contribution in [0, 0.1) is 0 Å². The van der Waals surface area contributed by atoms with Gasteiger partial charge in [-0.1, -0.05) is 31.2 Å². The fourth-order valence-corrected chi connectivity index (χ4v) is 1.97. The molecule has 1 nitrogen and oxygen atoms in total. The first-order valence-corrected chi connectivity index (χ1v) is 5.88. The molecule has 1 rings (SSSR count). The Morgan fingerprint density at radius 2 is 1.77 bits per heavy atom. The molecule has 0 heterocycles. The maximum absolute atomic E-state index is 5.52. The molecule has 0 unspecified atom stereocenters. The van der Waals surface area contributed by atoms with Crippen molar-refractivity contribution in [3.63, 3.8) is 0 Å². The van der Waals surface area contributed by atoms with Crippen molar-refractivity contribution in [1.29, 1.82) is 0 Å². The van der Waals surface area contributed by atoms with Gasteiger partial charge in [0.15, 0.2) is 0 Å². The van der Waals surface area contributed by atoms with Crippen molar-refractivity contribution in [3.05, 3.63) is 35.4 Å². The van der Waals surface area contributed by atoms with Crippen molar-refractivity contribution in [2.75, 3.05) is 5.75 Å². The maximum Gasteiger partial charge on any atom is 0.0184 e. The third-order valence-electron chi connectivity index (χ3n) is 1.88. The molecule has 0 aliphatic carbocycles. The molecule has 1 aromatic rings. The lowest BCUT2D eigenvalue weighted by Crippen LogP contribution is -1.95. The minimum atomic E-state index is 0.641. The Morgan fingerprint density at radius 1 is 1.15 bits per heavy atom. The summed E-state index contributed by atoms with van der Waals surface area (Å²) in [5.41, 5.74) is 8.13. The molecule has 0 radical (unpaired) electrons. The van der Waals surface area contributed by atoms with Crippen molar-refractivity contribution in [2.45, 2.75) is 25.6 Å². The van der Waals surface area contributed by atoms with E-state index < -0.39 is 0 Å². The zero-order chi connectivity index (χ0) is 9.52. The molecule has 0 amide bonds. The highest BCUT2D eigenvalue weighted by Crippen LogP contribution is 2.13. The SMILES string of the molecule is CCCSCc1ccc(CN)cc1. The Balaban J connectivity index is 2.40. The van der Waals surface area contributed by atoms with E-state index in [9.17, 15) is 0 Å². The third-order valence-corrected chi connectivity index (χ3v) is 3.11. The minimum absolute atomic E-state index is 0.641. The summed E-state index contributed by atoms with van der Waals surface area (Å²) in [5.74, 6) is 2.37. The molecule has 1 aromatic carbocycles. The molecule has 0 saturated carbocycles. The van der Waals surface area contributed by atoms with Crippen molar-refractivity contribution < 1.29 is 0 Å². The highest BCUT2D eigenvalue weighted by Gasteiger charge is 1.93. The molecule has 0 aliphatic heterocycles. The number of rotatable bonds is 5. The van der Waals surface area contributed by atoms with Crippen molar-refractivity contribution >= 4 is 11.8 Å². The average molecular weight is 195 g/mol. The fourth-order valence-electron chi connectivity index (χ4n) is 1.11. The van der Waals surface area contributed by atoms with Crippen molar-refractivity contribution in [2.24, 2.45) is 5.73 Å². The number of thioether (sulfide) groups is 1. The Hall–Kier alpha value is -0.470. The van der Waals surface area contributed by atoms with Gasteiger partial charge in [0.25, 0.3) is 0 Å². The molecule has 0 spiro atoms. The number of nitrogens with two attached hydrogens (primary N) is 1. The van der Waals surface area contributed by atoms with Gasteiger partial charge >= 0.3 is 0 Å². The molecule has 0 aliphatic rings. The number of benzene rings is 1. The summed E-state index contributed by atoms with van der Waals surface area (Å²) in [4.78, 5) is 0. The Morgan fingerprint density at radius 3 is 2.31 bits per heavy atom. The van der Waals surface area contributed by atoms with Gasteiger partial charge in [-0.3, -0.25) is 0 Å². The van der Waals surface area contributed by atoms with Gasteiger partial charge in [0, 0.05) is 12.3 Å². The Bertz CT molecular complexity index is 230. The average Bonchev–Trinajstić information content (AvgIpc) is 2.19. The molecule has 0 fully saturated rings. The molecular formula is C11H17NS. The first-order valence-electron chi connectivity index (χ1n) is 4.72. The third kappa shape index (κ3) is 3.83. The molecule has 0 saturated heterocycles. The fraction of sp³-hybridized carbons (Fsp3) is 0.455. The van der Waals surface area contributed by atoms with Gasteiger partial charge in [0.1, 0.15) is 0 Å². The van der Waals surface area contributed by atoms with Crippen LogP contribution in [0.4, 0.5) is 0 Å². The normalized spacial score (nSPS) is 10.3. The van der Waals surface area contributed by atoms with Crippen LogP contribution in [0.5, 0.6) is 0 Å². The van der Waals surface area contributed by atoms with Gasteiger partial charge in [-0.15, -0.1) is 0 Å². The lowest BCUT2D eigenvalue weighted by molar-refractivity contribution is 1.07. The van der Waals surface area contributed by atoms with Crippen LogP contribution in [-0.2, 0) is 12.3 Å². The van der Waals surface area contributed by atoms with Crippen LogP contribution in [-0.4, -0.2) is 5.75 Å². The van der Waals surface area contributed by atoms with Crippen LogP contribution in [0.1, 0.15) is 24.5 Å². The van der Waals surface area contributed by atoms with E-state index in [2.05, 4.69) is 31.2 Å². The van der Waals surface area contributed by atoms with E-state index in [1.54, 1.807) is 0 Å². The second-order valence-corrected chi connectivity index (χ2v) is 4.18. The van der Waals surface area contributed by atoms with Crippen LogP contribution in [0.25, 0.3) is 0 Å². The van der Waals surface area contributed by atoms with Crippen LogP contribution in [0.3, 0.4) is 0 Å². The topological polar surface area (TPSA) is 26.0 Å². The van der Waals surface area contributed by atoms with Gasteiger partial charge in [-0.25, -0.2) is 0 Å². The summed E-state index contributed by atoms with van der Waals surface area (Å²) in [5, 5.41) is 0. The maximum atomic E-state index is 5.52. The zero-order valence-corrected chi connectivity index (χ0v) is 8.94. The smallest absolute Gasteiger partial charge is 0.0184 e. The van der Waals surface area contributed by atoms with E-state index >= 15 is 0 Å². The van der Waals surface area contributed by atoms with Crippen LogP contribution >= 0.6 is 11.8 Å². The summed E-state index contributed by atoms with van der Waals surface area (Å²) in [6.07, 6.45) is 1.26. The summed E-state index contributed by atoms with van der Waals surface area (Å²) >= 11 is 1.99. The summed E-state index contributed by atoms with van der Waals surface area (Å²) in [7, 11) is 0. The van der Waals surface area contributed by atoms with Crippen LogP contribution in [0.15, 0.2) is 24.3 Å². The van der Waals surface area contributed by atoms with Gasteiger partial charge in [-0.05, 0) is 23.3 Å². The van der Waals surface area contributed by atoms with Crippen LogP contribution in [0.2, 0.25) is 0 Å². The second kappa shape index (κ2) is 6.06. The van der Waals surface area contributed by atoms with E-state index in [1.165, 1.54) is 23.3 Å². The van der Waals surface area contributed by atoms with Crippen molar-refractivity contribution in [3.8, 4) is 0 Å². The molecule has 0 bridgehead atoms. The molecule has 2 heteroatoms. The predicted octanol–water partition coefficient (Wildman–Crippen LogP) is 2.79. The number of hydrogen-bond acceptors (Lipinski definition) is 2. The molecule has 0 aromatic heterocycles. The first-order chi connectivity index (χ1) is 6.36. The minimum Gasteiger partial charge on any atom is -0.326 e. The molecule has 2 N–H and O–H groups in total. The molecule has 0 atom stereocenters. The van der Waals surface area contributed by atoms with E-state index in [4.69, 9.17) is 5.73 Å².